The van der Waals surface area contributed by atoms with Gasteiger partial charge in [0.15, 0.2) is 5.82 Å². The van der Waals surface area contributed by atoms with Gasteiger partial charge in [0.2, 0.25) is 0 Å². The summed E-state index contributed by atoms with van der Waals surface area (Å²) < 4.78 is 0. The lowest BCUT2D eigenvalue weighted by molar-refractivity contribution is -0.384. The van der Waals surface area contributed by atoms with Crippen molar-refractivity contribution in [3.63, 3.8) is 0 Å². The number of rotatable bonds is 3. The predicted octanol–water partition coefficient (Wildman–Crippen LogP) is 1.80. The van der Waals surface area contributed by atoms with Gasteiger partial charge in [-0.3, -0.25) is 15.1 Å². The average molecular weight is 299 g/mol. The second-order valence-corrected chi connectivity index (χ2v) is 5.32. The number of anilines is 1. The number of nitro groups is 1. The van der Waals surface area contributed by atoms with Crippen molar-refractivity contribution in [2.24, 2.45) is 0 Å². The van der Waals surface area contributed by atoms with Crippen molar-refractivity contribution in [3.8, 4) is 11.3 Å². The minimum atomic E-state index is -0.401. The number of piperazine rings is 1. The van der Waals surface area contributed by atoms with Gasteiger partial charge in [-0.15, -0.1) is 0 Å². The van der Waals surface area contributed by atoms with E-state index in [0.29, 0.717) is 0 Å². The number of nitrogens with zero attached hydrogens (tertiary/aromatic N) is 5. The third kappa shape index (κ3) is 2.89. The van der Waals surface area contributed by atoms with Gasteiger partial charge in [0.25, 0.3) is 5.69 Å². The van der Waals surface area contributed by atoms with Crippen molar-refractivity contribution in [1.82, 2.24) is 14.9 Å². The zero-order valence-corrected chi connectivity index (χ0v) is 12.3. The molecule has 114 valence electrons. The van der Waals surface area contributed by atoms with Gasteiger partial charge in [0, 0.05) is 56.3 Å². The molecule has 2 heterocycles. The molecule has 0 aliphatic carbocycles. The summed E-state index contributed by atoms with van der Waals surface area (Å²) in [6.07, 6.45) is 3.33. The first-order chi connectivity index (χ1) is 10.6. The Morgan fingerprint density at radius 2 is 1.68 bits per heavy atom. The van der Waals surface area contributed by atoms with Gasteiger partial charge in [-0.05, 0) is 19.2 Å². The summed E-state index contributed by atoms with van der Waals surface area (Å²) in [6, 6.07) is 6.44. The fraction of sp³-hybridized carbons (Fsp3) is 0.333. The summed E-state index contributed by atoms with van der Waals surface area (Å²) in [7, 11) is 2.10. The van der Waals surface area contributed by atoms with E-state index in [-0.39, 0.29) is 5.69 Å². The highest BCUT2D eigenvalue weighted by molar-refractivity contribution is 5.72. The molecule has 1 aliphatic heterocycles. The minimum absolute atomic E-state index is 0.0776. The zero-order valence-electron chi connectivity index (χ0n) is 12.3. The number of aromatic nitrogens is 2. The van der Waals surface area contributed by atoms with Gasteiger partial charge in [0.1, 0.15) is 5.69 Å². The quantitative estimate of drug-likeness (QED) is 0.635. The fourth-order valence-electron chi connectivity index (χ4n) is 2.53. The lowest BCUT2D eigenvalue weighted by atomic mass is 10.1. The molecule has 0 radical (unpaired) electrons. The van der Waals surface area contributed by atoms with Crippen LogP contribution < -0.4 is 4.90 Å². The monoisotopic (exact) mass is 299 g/mol. The zero-order chi connectivity index (χ0) is 15.5. The molecule has 0 unspecified atom stereocenters. The van der Waals surface area contributed by atoms with Crippen LogP contribution in [0.3, 0.4) is 0 Å². The SMILES string of the molecule is CN1CCN(c2nccnc2-c2ccc([N+](=O)[O-])cc2)CC1. The number of benzene rings is 1. The van der Waals surface area contributed by atoms with Crippen LogP contribution in [0.5, 0.6) is 0 Å². The molecule has 1 aromatic heterocycles. The van der Waals surface area contributed by atoms with Crippen molar-refractivity contribution in [2.45, 2.75) is 0 Å². The van der Waals surface area contributed by atoms with Gasteiger partial charge >= 0.3 is 0 Å². The largest absolute Gasteiger partial charge is 0.352 e. The highest BCUT2D eigenvalue weighted by atomic mass is 16.6. The molecular formula is C15H17N5O2. The number of hydrogen-bond acceptors (Lipinski definition) is 6. The third-order valence-corrected chi connectivity index (χ3v) is 3.83. The maximum Gasteiger partial charge on any atom is 0.269 e. The van der Waals surface area contributed by atoms with E-state index < -0.39 is 4.92 Å². The first-order valence-electron chi connectivity index (χ1n) is 7.14. The van der Waals surface area contributed by atoms with Crippen LogP contribution in [-0.4, -0.2) is 53.0 Å². The van der Waals surface area contributed by atoms with Gasteiger partial charge in [-0.2, -0.15) is 0 Å². The summed E-state index contributed by atoms with van der Waals surface area (Å²) in [5.41, 5.74) is 1.68. The second kappa shape index (κ2) is 6.07. The molecule has 1 saturated heterocycles. The van der Waals surface area contributed by atoms with Gasteiger partial charge in [-0.1, -0.05) is 0 Å². The molecule has 1 fully saturated rings. The first kappa shape index (κ1) is 14.4. The molecule has 0 atom stereocenters. The Labute approximate surface area is 128 Å². The van der Waals surface area contributed by atoms with E-state index >= 15 is 0 Å². The van der Waals surface area contributed by atoms with Gasteiger partial charge in [0.05, 0.1) is 4.92 Å². The van der Waals surface area contributed by atoms with Crippen molar-refractivity contribution in [3.05, 3.63) is 46.8 Å². The molecular weight excluding hydrogens is 282 g/mol. The lowest BCUT2D eigenvalue weighted by Gasteiger charge is -2.33. The molecule has 3 rings (SSSR count). The van der Waals surface area contributed by atoms with E-state index in [9.17, 15) is 10.1 Å². The van der Waals surface area contributed by atoms with Crippen molar-refractivity contribution < 1.29 is 4.92 Å². The predicted molar refractivity (Wildman–Crippen MR) is 83.8 cm³/mol. The molecule has 0 bridgehead atoms. The Morgan fingerprint density at radius 3 is 2.32 bits per heavy atom. The molecule has 1 aromatic carbocycles. The molecule has 2 aromatic rings. The van der Waals surface area contributed by atoms with Crippen LogP contribution >= 0.6 is 0 Å². The van der Waals surface area contributed by atoms with Gasteiger partial charge < -0.3 is 9.80 Å². The maximum atomic E-state index is 10.8. The van der Waals surface area contributed by atoms with E-state index in [1.54, 1.807) is 24.5 Å². The Hall–Kier alpha value is -2.54. The number of non-ortho nitro benzene ring substituents is 1. The van der Waals surface area contributed by atoms with Crippen LogP contribution in [0.1, 0.15) is 0 Å². The summed E-state index contributed by atoms with van der Waals surface area (Å²) in [4.78, 5) is 23.7. The smallest absolute Gasteiger partial charge is 0.269 e. The molecule has 22 heavy (non-hydrogen) atoms. The number of hydrogen-bond donors (Lipinski definition) is 0. The molecule has 7 nitrogen and oxygen atoms in total. The average Bonchev–Trinajstić information content (AvgIpc) is 2.56. The van der Waals surface area contributed by atoms with Crippen LogP contribution in [0.4, 0.5) is 11.5 Å². The van der Waals surface area contributed by atoms with Crippen molar-refractivity contribution in [1.29, 1.82) is 0 Å². The van der Waals surface area contributed by atoms with Crippen LogP contribution in [0.25, 0.3) is 11.3 Å². The maximum absolute atomic E-state index is 10.8. The first-order valence-corrected chi connectivity index (χ1v) is 7.14. The standard InChI is InChI=1S/C15H17N5O2/c1-18-8-10-19(11-9-18)15-14(16-6-7-17-15)12-2-4-13(5-3-12)20(21)22/h2-7H,8-11H2,1H3. The Morgan fingerprint density at radius 1 is 1.05 bits per heavy atom. The van der Waals surface area contributed by atoms with E-state index in [1.165, 1.54) is 12.1 Å². The highest BCUT2D eigenvalue weighted by Gasteiger charge is 2.19. The van der Waals surface area contributed by atoms with Crippen LogP contribution in [0, 0.1) is 10.1 Å². The molecule has 0 amide bonds. The van der Waals surface area contributed by atoms with Crippen molar-refractivity contribution in [2.75, 3.05) is 38.1 Å². The van der Waals surface area contributed by atoms with Crippen LogP contribution in [0.2, 0.25) is 0 Å². The summed E-state index contributed by atoms with van der Waals surface area (Å²) in [5, 5.41) is 10.8. The van der Waals surface area contributed by atoms with E-state index in [1.807, 2.05) is 0 Å². The third-order valence-electron chi connectivity index (χ3n) is 3.83. The molecule has 0 N–H and O–H groups in total. The molecule has 0 saturated carbocycles. The lowest BCUT2D eigenvalue weighted by Crippen LogP contribution is -2.45. The normalized spacial score (nSPS) is 15.8. The van der Waals surface area contributed by atoms with Crippen LogP contribution in [0.15, 0.2) is 36.7 Å². The van der Waals surface area contributed by atoms with Crippen LogP contribution in [-0.2, 0) is 0 Å². The van der Waals surface area contributed by atoms with E-state index in [4.69, 9.17) is 0 Å². The Balaban J connectivity index is 1.92. The Kier molecular flexibility index (Phi) is 3.97. The van der Waals surface area contributed by atoms with Gasteiger partial charge in [-0.25, -0.2) is 4.98 Å². The summed E-state index contributed by atoms with van der Waals surface area (Å²) in [6.45, 7) is 3.76. The molecule has 0 spiro atoms. The topological polar surface area (TPSA) is 75.4 Å². The molecule has 7 heteroatoms. The number of likely N-dealkylation sites (N-methyl/N-ethyl adjacent to an activating group) is 1. The minimum Gasteiger partial charge on any atom is -0.352 e. The van der Waals surface area contributed by atoms with E-state index in [2.05, 4.69) is 26.8 Å². The molecule has 1 aliphatic rings. The van der Waals surface area contributed by atoms with Crippen molar-refractivity contribution >= 4 is 11.5 Å². The second-order valence-electron chi connectivity index (χ2n) is 5.32. The number of nitro benzene ring substituents is 1. The Bertz CT molecular complexity index is 666. The van der Waals surface area contributed by atoms with E-state index in [0.717, 1.165) is 43.3 Å². The highest BCUT2D eigenvalue weighted by Crippen LogP contribution is 2.28. The fourth-order valence-corrected chi connectivity index (χ4v) is 2.53. The summed E-state index contributed by atoms with van der Waals surface area (Å²) in [5.74, 6) is 0.837. The summed E-state index contributed by atoms with van der Waals surface area (Å²) >= 11 is 0.